The van der Waals surface area contributed by atoms with E-state index < -0.39 is 0 Å². The molecule has 19 heavy (non-hydrogen) atoms. The molecule has 3 heteroatoms. The number of hydrogen-bond donors (Lipinski definition) is 1. The Bertz CT molecular complexity index is 298. The van der Waals surface area contributed by atoms with Crippen molar-refractivity contribution in [1.82, 2.24) is 5.32 Å². The van der Waals surface area contributed by atoms with Crippen molar-refractivity contribution in [3.63, 3.8) is 0 Å². The van der Waals surface area contributed by atoms with E-state index in [9.17, 15) is 5.26 Å². The summed E-state index contributed by atoms with van der Waals surface area (Å²) in [4.78, 5) is 0. The van der Waals surface area contributed by atoms with E-state index in [1.807, 2.05) is 0 Å². The molecule has 0 spiro atoms. The Labute approximate surface area is 118 Å². The van der Waals surface area contributed by atoms with E-state index in [2.05, 4.69) is 39.1 Å². The Kier molecular flexibility index (Phi) is 6.82. The first kappa shape index (κ1) is 16.5. The van der Waals surface area contributed by atoms with Gasteiger partial charge in [0.15, 0.2) is 0 Å². The predicted molar refractivity (Wildman–Crippen MR) is 78.9 cm³/mol. The normalized spacial score (nSPS) is 29.2. The molecule has 110 valence electrons. The van der Waals surface area contributed by atoms with E-state index in [1.54, 1.807) is 0 Å². The van der Waals surface area contributed by atoms with Gasteiger partial charge in [-0.3, -0.25) is 5.32 Å². The summed E-state index contributed by atoms with van der Waals surface area (Å²) in [6, 6.07) is 2.85. The number of rotatable bonds is 7. The van der Waals surface area contributed by atoms with Crippen LogP contribution in [-0.4, -0.2) is 24.3 Å². The van der Waals surface area contributed by atoms with E-state index in [0.29, 0.717) is 12.0 Å². The molecule has 1 aliphatic rings. The van der Waals surface area contributed by atoms with E-state index in [0.717, 1.165) is 32.3 Å². The molecule has 0 heterocycles. The number of nitriles is 1. The molecule has 0 saturated heterocycles. The van der Waals surface area contributed by atoms with Gasteiger partial charge in [-0.05, 0) is 45.4 Å². The molecule has 0 bridgehead atoms. The summed E-state index contributed by atoms with van der Waals surface area (Å²) < 4.78 is 6.04. The van der Waals surface area contributed by atoms with E-state index in [4.69, 9.17) is 4.74 Å². The molecule has 0 aliphatic heterocycles. The molecule has 0 aromatic heterocycles. The molecular formula is C16H30N2O. The van der Waals surface area contributed by atoms with Gasteiger partial charge in [-0.15, -0.1) is 0 Å². The lowest BCUT2D eigenvalue weighted by Crippen LogP contribution is -2.52. The molecule has 3 nitrogen and oxygen atoms in total. The second-order valence-corrected chi connectivity index (χ2v) is 6.44. The summed E-state index contributed by atoms with van der Waals surface area (Å²) in [6.45, 7) is 9.50. The van der Waals surface area contributed by atoms with E-state index in [-0.39, 0.29) is 11.6 Å². The molecule has 1 rings (SSSR count). The fraction of sp³-hybridized carbons (Fsp3) is 0.938. The molecular weight excluding hydrogens is 236 g/mol. The van der Waals surface area contributed by atoms with Crippen molar-refractivity contribution in [2.45, 2.75) is 83.9 Å². The summed E-state index contributed by atoms with van der Waals surface area (Å²) in [5.41, 5.74) is -0.370. The van der Waals surface area contributed by atoms with Crippen molar-refractivity contribution >= 4 is 0 Å². The predicted octanol–water partition coefficient (Wildman–Crippen LogP) is 3.64. The third kappa shape index (κ3) is 5.50. The summed E-state index contributed by atoms with van der Waals surface area (Å²) >= 11 is 0. The van der Waals surface area contributed by atoms with Crippen LogP contribution in [0.2, 0.25) is 0 Å². The Hall–Kier alpha value is -0.590. The number of nitrogens with zero attached hydrogens (tertiary/aromatic N) is 1. The van der Waals surface area contributed by atoms with Gasteiger partial charge < -0.3 is 4.74 Å². The molecule has 1 aliphatic carbocycles. The van der Waals surface area contributed by atoms with Crippen molar-refractivity contribution in [2.75, 3.05) is 6.61 Å². The lowest BCUT2D eigenvalue weighted by molar-refractivity contribution is -0.00815. The molecule has 1 fully saturated rings. The maximum absolute atomic E-state index is 9.50. The average molecular weight is 266 g/mol. The fourth-order valence-corrected chi connectivity index (χ4v) is 3.06. The van der Waals surface area contributed by atoms with Crippen molar-refractivity contribution < 1.29 is 4.74 Å². The van der Waals surface area contributed by atoms with Gasteiger partial charge in [0.25, 0.3) is 0 Å². The maximum Gasteiger partial charge on any atom is 0.109 e. The molecule has 3 unspecified atom stereocenters. The summed E-state index contributed by atoms with van der Waals surface area (Å²) in [6.07, 6.45) is 6.65. The first-order valence-corrected chi connectivity index (χ1v) is 7.82. The van der Waals surface area contributed by atoms with Gasteiger partial charge >= 0.3 is 0 Å². The van der Waals surface area contributed by atoms with Gasteiger partial charge in [0.2, 0.25) is 0 Å². The minimum absolute atomic E-state index is 0.249. The van der Waals surface area contributed by atoms with Crippen LogP contribution in [0, 0.1) is 17.2 Å². The van der Waals surface area contributed by atoms with Gasteiger partial charge in [0.05, 0.1) is 12.2 Å². The van der Waals surface area contributed by atoms with Gasteiger partial charge in [-0.1, -0.05) is 20.3 Å². The van der Waals surface area contributed by atoms with Crippen LogP contribution in [0.3, 0.4) is 0 Å². The molecule has 1 saturated carbocycles. The quantitative estimate of drug-likeness (QED) is 0.765. The Balaban J connectivity index is 2.47. The highest BCUT2D eigenvalue weighted by molar-refractivity contribution is 5.10. The monoisotopic (exact) mass is 266 g/mol. The van der Waals surface area contributed by atoms with Gasteiger partial charge in [-0.25, -0.2) is 0 Å². The first-order chi connectivity index (χ1) is 9.01. The second-order valence-electron chi connectivity index (χ2n) is 6.44. The van der Waals surface area contributed by atoms with Crippen LogP contribution >= 0.6 is 0 Å². The smallest absolute Gasteiger partial charge is 0.109 e. The Morgan fingerprint density at radius 3 is 2.74 bits per heavy atom. The average Bonchev–Trinajstić information content (AvgIpc) is 2.36. The SMILES string of the molecule is CCCC(C)COC1CCCC(C#N)(NC(C)C)C1. The van der Waals surface area contributed by atoms with Gasteiger partial charge in [-0.2, -0.15) is 5.26 Å². The third-order valence-corrected chi connectivity index (χ3v) is 3.88. The summed E-state index contributed by atoms with van der Waals surface area (Å²) in [5, 5.41) is 12.9. The number of hydrogen-bond acceptors (Lipinski definition) is 3. The van der Waals surface area contributed by atoms with Crippen molar-refractivity contribution in [3.8, 4) is 6.07 Å². The van der Waals surface area contributed by atoms with E-state index in [1.165, 1.54) is 12.8 Å². The van der Waals surface area contributed by atoms with Crippen molar-refractivity contribution in [2.24, 2.45) is 5.92 Å². The van der Waals surface area contributed by atoms with Crippen LogP contribution in [-0.2, 0) is 4.74 Å². The highest BCUT2D eigenvalue weighted by atomic mass is 16.5. The third-order valence-electron chi connectivity index (χ3n) is 3.88. The molecule has 0 radical (unpaired) electrons. The molecule has 0 amide bonds. The zero-order valence-electron chi connectivity index (χ0n) is 13.0. The standard InChI is InChI=1S/C16H30N2O/c1-5-7-14(4)11-19-15-8-6-9-16(10-15,12-17)18-13(2)3/h13-15,18H,5-11H2,1-4H3. The van der Waals surface area contributed by atoms with Crippen LogP contribution in [0.25, 0.3) is 0 Å². The minimum Gasteiger partial charge on any atom is -0.378 e. The zero-order chi connectivity index (χ0) is 14.3. The first-order valence-electron chi connectivity index (χ1n) is 7.82. The fourth-order valence-electron chi connectivity index (χ4n) is 3.06. The largest absolute Gasteiger partial charge is 0.378 e. The highest BCUT2D eigenvalue weighted by Gasteiger charge is 2.37. The zero-order valence-corrected chi connectivity index (χ0v) is 13.0. The molecule has 0 aromatic rings. The van der Waals surface area contributed by atoms with Gasteiger partial charge in [0, 0.05) is 19.1 Å². The van der Waals surface area contributed by atoms with E-state index >= 15 is 0 Å². The van der Waals surface area contributed by atoms with Crippen LogP contribution in [0.5, 0.6) is 0 Å². The van der Waals surface area contributed by atoms with Gasteiger partial charge in [0.1, 0.15) is 5.54 Å². The van der Waals surface area contributed by atoms with Crippen LogP contribution in [0.15, 0.2) is 0 Å². The van der Waals surface area contributed by atoms with Crippen LogP contribution in [0.1, 0.15) is 66.2 Å². The number of nitrogens with one attached hydrogen (secondary N) is 1. The molecule has 0 aromatic carbocycles. The maximum atomic E-state index is 9.50. The molecule has 3 atom stereocenters. The van der Waals surface area contributed by atoms with Crippen LogP contribution < -0.4 is 5.32 Å². The summed E-state index contributed by atoms with van der Waals surface area (Å²) in [5.74, 6) is 0.626. The highest BCUT2D eigenvalue weighted by Crippen LogP contribution is 2.30. The Morgan fingerprint density at radius 1 is 1.42 bits per heavy atom. The Morgan fingerprint density at radius 2 is 2.16 bits per heavy atom. The number of ether oxygens (including phenoxy) is 1. The van der Waals surface area contributed by atoms with Crippen molar-refractivity contribution in [3.05, 3.63) is 0 Å². The van der Waals surface area contributed by atoms with Crippen LogP contribution in [0.4, 0.5) is 0 Å². The minimum atomic E-state index is -0.370. The summed E-state index contributed by atoms with van der Waals surface area (Å²) in [7, 11) is 0. The molecule has 1 N–H and O–H groups in total. The topological polar surface area (TPSA) is 45.0 Å². The second kappa shape index (κ2) is 7.87. The van der Waals surface area contributed by atoms with Crippen molar-refractivity contribution in [1.29, 1.82) is 5.26 Å². The lowest BCUT2D eigenvalue weighted by atomic mass is 9.80. The lowest BCUT2D eigenvalue weighted by Gasteiger charge is -2.38.